The number of rotatable bonds is 5. The van der Waals surface area contributed by atoms with Crippen LogP contribution in [0.1, 0.15) is 65.5 Å². The quantitative estimate of drug-likeness (QED) is 0.545. The Balaban J connectivity index is 1.58. The Kier molecular flexibility index (Phi) is 5.74. The number of esters is 1. The number of fused-ring (bicyclic) bond motifs is 1. The van der Waals surface area contributed by atoms with Crippen molar-refractivity contribution < 1.29 is 32.2 Å². The van der Waals surface area contributed by atoms with E-state index in [-0.39, 0.29) is 22.5 Å². The SMILES string of the molecule is COc1ccc([C@@H]2OC(C)=C(C(=O)OC(C)C)[C@H]2C(=O)N2[C@@H]3C[C@H]4CC[C@]3(CS2(=O)=O)C4(C)C)cc1. The zero-order chi connectivity index (χ0) is 26.2. The summed E-state index contributed by atoms with van der Waals surface area (Å²) in [5.41, 5.74) is 0.110. The summed E-state index contributed by atoms with van der Waals surface area (Å²) in [4.78, 5) is 27.5. The lowest BCUT2D eigenvalue weighted by molar-refractivity contribution is -0.146. The summed E-state index contributed by atoms with van der Waals surface area (Å²) < 4.78 is 45.2. The molecule has 5 rings (SSSR count). The smallest absolute Gasteiger partial charge is 0.338 e. The Morgan fingerprint density at radius 3 is 2.42 bits per heavy atom. The van der Waals surface area contributed by atoms with Gasteiger partial charge in [0.15, 0.2) is 0 Å². The second kappa shape index (κ2) is 8.23. The topological polar surface area (TPSA) is 99.2 Å². The van der Waals surface area contributed by atoms with E-state index in [1.165, 1.54) is 0 Å². The molecule has 3 fully saturated rings. The number of allylic oxidation sites excluding steroid dienone is 1. The molecule has 9 heteroatoms. The predicted molar refractivity (Wildman–Crippen MR) is 132 cm³/mol. The minimum atomic E-state index is -3.87. The molecule has 1 spiro atoms. The fraction of sp³-hybridized carbons (Fsp3) is 0.630. The van der Waals surface area contributed by atoms with Gasteiger partial charge in [-0.3, -0.25) is 4.79 Å². The summed E-state index contributed by atoms with van der Waals surface area (Å²) >= 11 is 0. The molecule has 36 heavy (non-hydrogen) atoms. The number of ether oxygens (including phenoxy) is 3. The van der Waals surface area contributed by atoms with Crippen molar-refractivity contribution in [3.05, 3.63) is 41.2 Å². The van der Waals surface area contributed by atoms with Crippen molar-refractivity contribution in [1.82, 2.24) is 4.31 Å². The first-order valence-corrected chi connectivity index (χ1v) is 14.2. The number of benzene rings is 1. The summed E-state index contributed by atoms with van der Waals surface area (Å²) in [6.45, 7) is 9.37. The monoisotopic (exact) mass is 517 g/mol. The Morgan fingerprint density at radius 1 is 1.17 bits per heavy atom. The van der Waals surface area contributed by atoms with Gasteiger partial charge < -0.3 is 14.2 Å². The Hall–Kier alpha value is -2.55. The van der Waals surface area contributed by atoms with Gasteiger partial charge in [-0.05, 0) is 69.1 Å². The molecule has 5 atom stereocenters. The molecule has 0 unspecified atom stereocenters. The lowest BCUT2D eigenvalue weighted by atomic mass is 9.69. The van der Waals surface area contributed by atoms with E-state index >= 15 is 0 Å². The molecular formula is C27H35NO7S. The van der Waals surface area contributed by atoms with E-state index in [1.807, 2.05) is 0 Å². The molecule has 196 valence electrons. The van der Waals surface area contributed by atoms with Crippen LogP contribution in [0.2, 0.25) is 0 Å². The first kappa shape index (κ1) is 25.1. The molecule has 1 amide bonds. The van der Waals surface area contributed by atoms with Crippen LogP contribution in [0.3, 0.4) is 0 Å². The highest BCUT2D eigenvalue weighted by Crippen LogP contribution is 2.70. The lowest BCUT2D eigenvalue weighted by Crippen LogP contribution is -2.47. The summed E-state index contributed by atoms with van der Waals surface area (Å²) in [5, 5.41) is 0. The van der Waals surface area contributed by atoms with Crippen LogP contribution >= 0.6 is 0 Å². The molecule has 2 bridgehead atoms. The van der Waals surface area contributed by atoms with Crippen molar-refractivity contribution in [1.29, 1.82) is 0 Å². The van der Waals surface area contributed by atoms with Gasteiger partial charge in [-0.15, -0.1) is 0 Å². The number of nitrogens with zero attached hydrogens (tertiary/aromatic N) is 1. The third-order valence-electron chi connectivity index (χ3n) is 9.20. The number of carbonyl (C=O) groups excluding carboxylic acids is 2. The van der Waals surface area contributed by atoms with E-state index in [1.54, 1.807) is 52.1 Å². The van der Waals surface area contributed by atoms with Crippen molar-refractivity contribution in [3.63, 3.8) is 0 Å². The molecule has 1 saturated heterocycles. The zero-order valence-electron chi connectivity index (χ0n) is 21.7. The van der Waals surface area contributed by atoms with Gasteiger partial charge in [0.05, 0.1) is 30.6 Å². The Labute approximate surface area is 213 Å². The lowest BCUT2D eigenvalue weighted by Gasteiger charge is -2.37. The molecular weight excluding hydrogens is 482 g/mol. The Morgan fingerprint density at radius 2 is 1.83 bits per heavy atom. The van der Waals surface area contributed by atoms with Crippen molar-refractivity contribution >= 4 is 21.9 Å². The molecule has 0 radical (unpaired) electrons. The predicted octanol–water partition coefficient (Wildman–Crippen LogP) is 3.98. The van der Waals surface area contributed by atoms with Crippen LogP contribution in [0.4, 0.5) is 0 Å². The van der Waals surface area contributed by atoms with Gasteiger partial charge in [0.2, 0.25) is 15.9 Å². The molecule has 2 saturated carbocycles. The maximum Gasteiger partial charge on any atom is 0.338 e. The van der Waals surface area contributed by atoms with Crippen molar-refractivity contribution in [2.45, 2.75) is 72.1 Å². The molecule has 1 aromatic rings. The summed E-state index contributed by atoms with van der Waals surface area (Å²) in [6.07, 6.45) is 1.17. The largest absolute Gasteiger partial charge is 0.497 e. The average molecular weight is 518 g/mol. The van der Waals surface area contributed by atoms with Crippen LogP contribution in [0.15, 0.2) is 35.6 Å². The molecule has 4 aliphatic rings. The Bertz CT molecular complexity index is 1230. The van der Waals surface area contributed by atoms with Gasteiger partial charge >= 0.3 is 5.97 Å². The third-order valence-corrected chi connectivity index (χ3v) is 11.1. The van der Waals surface area contributed by atoms with Crippen LogP contribution in [-0.2, 0) is 29.1 Å². The maximum atomic E-state index is 14.3. The van der Waals surface area contributed by atoms with Gasteiger partial charge in [0, 0.05) is 5.41 Å². The molecule has 2 aliphatic heterocycles. The van der Waals surface area contributed by atoms with E-state index in [2.05, 4.69) is 13.8 Å². The molecule has 2 aliphatic carbocycles. The summed E-state index contributed by atoms with van der Waals surface area (Å²) in [7, 11) is -2.31. The summed E-state index contributed by atoms with van der Waals surface area (Å²) in [6, 6.07) is 6.65. The maximum absolute atomic E-state index is 14.3. The van der Waals surface area contributed by atoms with Gasteiger partial charge in [0.25, 0.3) is 0 Å². The van der Waals surface area contributed by atoms with Gasteiger partial charge in [-0.1, -0.05) is 26.0 Å². The highest BCUT2D eigenvalue weighted by Gasteiger charge is 2.73. The van der Waals surface area contributed by atoms with E-state index in [0.717, 1.165) is 17.1 Å². The zero-order valence-corrected chi connectivity index (χ0v) is 22.6. The number of hydrogen-bond acceptors (Lipinski definition) is 7. The number of methoxy groups -OCH3 is 1. The number of amides is 1. The van der Waals surface area contributed by atoms with Gasteiger partial charge in [-0.25, -0.2) is 17.5 Å². The molecule has 2 heterocycles. The first-order valence-electron chi connectivity index (χ1n) is 12.6. The van der Waals surface area contributed by atoms with Crippen LogP contribution in [0, 0.1) is 22.7 Å². The molecule has 8 nitrogen and oxygen atoms in total. The highest BCUT2D eigenvalue weighted by molar-refractivity contribution is 7.90. The third kappa shape index (κ3) is 3.41. The first-order chi connectivity index (χ1) is 16.8. The molecule has 1 aromatic carbocycles. The van der Waals surface area contributed by atoms with Gasteiger partial charge in [-0.2, -0.15) is 0 Å². The number of carbonyl (C=O) groups is 2. The van der Waals surface area contributed by atoms with E-state index < -0.39 is 51.5 Å². The van der Waals surface area contributed by atoms with Crippen LogP contribution < -0.4 is 4.74 Å². The van der Waals surface area contributed by atoms with E-state index in [9.17, 15) is 18.0 Å². The fourth-order valence-corrected chi connectivity index (χ4v) is 9.83. The van der Waals surface area contributed by atoms with E-state index in [0.29, 0.717) is 23.7 Å². The average Bonchev–Trinajstić information content (AvgIpc) is 3.42. The minimum absolute atomic E-state index is 0.0326. The van der Waals surface area contributed by atoms with Crippen molar-refractivity contribution in [2.24, 2.45) is 22.7 Å². The van der Waals surface area contributed by atoms with Crippen LogP contribution in [-0.4, -0.2) is 49.6 Å². The number of hydrogen-bond donors (Lipinski definition) is 0. The molecule has 0 aromatic heterocycles. The van der Waals surface area contributed by atoms with Crippen LogP contribution in [0.5, 0.6) is 5.75 Å². The standard InChI is InChI=1S/C27H35NO7S/c1-15(2)34-25(30)21-16(3)35-23(17-7-9-19(33-6)10-8-17)22(21)24(29)28-20-13-18-11-12-27(20,26(18,4)5)14-36(28,31)32/h7-10,15,18,20,22-23H,11-14H2,1-6H3/t18-,20-,22-,23+,27-/m1/s1. The fourth-order valence-electron chi connectivity index (χ4n) is 7.26. The normalized spacial score (nSPS) is 33.6. The van der Waals surface area contributed by atoms with E-state index in [4.69, 9.17) is 14.2 Å². The minimum Gasteiger partial charge on any atom is -0.497 e. The van der Waals surface area contributed by atoms with Crippen LogP contribution in [0.25, 0.3) is 0 Å². The second-order valence-corrected chi connectivity index (χ2v) is 13.3. The number of sulfonamides is 1. The second-order valence-electron chi connectivity index (χ2n) is 11.5. The van der Waals surface area contributed by atoms with Crippen molar-refractivity contribution in [2.75, 3.05) is 12.9 Å². The van der Waals surface area contributed by atoms with Gasteiger partial charge in [0.1, 0.15) is 23.5 Å². The molecule has 0 N–H and O–H groups in total. The van der Waals surface area contributed by atoms with Crippen molar-refractivity contribution in [3.8, 4) is 5.75 Å². The summed E-state index contributed by atoms with van der Waals surface area (Å²) in [5.74, 6) is -1.14. The highest BCUT2D eigenvalue weighted by atomic mass is 32.2.